The van der Waals surface area contributed by atoms with E-state index >= 15 is 0 Å². The molecule has 0 radical (unpaired) electrons. The first-order valence-corrected chi connectivity index (χ1v) is 8.83. The third-order valence-corrected chi connectivity index (χ3v) is 6.83. The molecule has 1 unspecified atom stereocenters. The molecule has 0 spiro atoms. The molecule has 1 fully saturated rings. The van der Waals surface area contributed by atoms with E-state index in [0.29, 0.717) is 4.88 Å². The Bertz CT molecular complexity index is 604. The Labute approximate surface area is 123 Å². The molecule has 0 amide bonds. The summed E-state index contributed by atoms with van der Waals surface area (Å²) in [6.07, 6.45) is 2.73. The maximum Gasteiger partial charge on any atom is 0.308 e. The summed E-state index contributed by atoms with van der Waals surface area (Å²) in [4.78, 5) is 11.2. The second kappa shape index (κ2) is 5.46. The van der Waals surface area contributed by atoms with Crippen LogP contribution in [0.2, 0.25) is 0 Å². The summed E-state index contributed by atoms with van der Waals surface area (Å²) in [7, 11) is -3.55. The van der Waals surface area contributed by atoms with E-state index in [4.69, 9.17) is 5.11 Å². The minimum Gasteiger partial charge on any atom is -0.481 e. The Morgan fingerprint density at radius 3 is 2.75 bits per heavy atom. The molecule has 2 rings (SSSR count). The fourth-order valence-corrected chi connectivity index (χ4v) is 5.34. The van der Waals surface area contributed by atoms with Gasteiger partial charge in [0.1, 0.15) is 4.21 Å². The van der Waals surface area contributed by atoms with Gasteiger partial charge in [-0.05, 0) is 30.4 Å². The van der Waals surface area contributed by atoms with Crippen LogP contribution in [0.15, 0.2) is 16.3 Å². The van der Waals surface area contributed by atoms with Gasteiger partial charge in [0.15, 0.2) is 0 Å². The molecule has 7 heteroatoms. The Morgan fingerprint density at radius 1 is 1.50 bits per heavy atom. The monoisotopic (exact) mass is 317 g/mol. The van der Waals surface area contributed by atoms with Crippen molar-refractivity contribution < 1.29 is 18.3 Å². The summed E-state index contributed by atoms with van der Waals surface area (Å²) >= 11 is 1.02. The molecule has 1 saturated carbocycles. The number of rotatable bonds is 5. The summed E-state index contributed by atoms with van der Waals surface area (Å²) in [5.41, 5.74) is -0.0335. The molecule has 0 aliphatic heterocycles. The standard InChI is InChI=1S/C13H19NO4S2/c1-13(2)7-3-4-10(13)14-20(17,18)12-6-5-9(19-12)8-11(15)16/h5-6,10,14H,3-4,7-8H2,1-2H3,(H,15,16). The highest BCUT2D eigenvalue weighted by molar-refractivity contribution is 7.91. The van der Waals surface area contributed by atoms with Crippen LogP contribution in [-0.4, -0.2) is 25.5 Å². The van der Waals surface area contributed by atoms with Crippen molar-refractivity contribution in [2.24, 2.45) is 5.41 Å². The molecule has 20 heavy (non-hydrogen) atoms. The summed E-state index contributed by atoms with van der Waals surface area (Å²) in [6, 6.07) is 2.98. The van der Waals surface area contributed by atoms with Crippen LogP contribution in [0.4, 0.5) is 0 Å². The molecule has 1 aromatic rings. The van der Waals surface area contributed by atoms with Gasteiger partial charge in [-0.3, -0.25) is 4.79 Å². The molecule has 1 aromatic heterocycles. The Balaban J connectivity index is 2.14. The highest BCUT2D eigenvalue weighted by Crippen LogP contribution is 2.38. The number of carboxylic acid groups (broad SMARTS) is 1. The first kappa shape index (κ1) is 15.5. The molecule has 0 bridgehead atoms. The Hall–Kier alpha value is -0.920. The van der Waals surface area contributed by atoms with Crippen LogP contribution in [0.3, 0.4) is 0 Å². The van der Waals surface area contributed by atoms with Crippen LogP contribution in [0.5, 0.6) is 0 Å². The lowest BCUT2D eigenvalue weighted by molar-refractivity contribution is -0.136. The number of hydrogen-bond donors (Lipinski definition) is 2. The van der Waals surface area contributed by atoms with Crippen molar-refractivity contribution in [1.82, 2.24) is 4.72 Å². The van der Waals surface area contributed by atoms with Gasteiger partial charge in [-0.2, -0.15) is 0 Å². The van der Waals surface area contributed by atoms with Crippen molar-refractivity contribution >= 4 is 27.3 Å². The zero-order valence-corrected chi connectivity index (χ0v) is 13.2. The van der Waals surface area contributed by atoms with E-state index in [1.54, 1.807) is 6.07 Å². The smallest absolute Gasteiger partial charge is 0.308 e. The molecular formula is C13H19NO4S2. The Kier molecular flexibility index (Phi) is 4.22. The summed E-state index contributed by atoms with van der Waals surface area (Å²) in [6.45, 7) is 4.13. The minimum absolute atomic E-state index is 0.0335. The third kappa shape index (κ3) is 3.39. The van der Waals surface area contributed by atoms with Crippen molar-refractivity contribution in [1.29, 1.82) is 0 Å². The lowest BCUT2D eigenvalue weighted by atomic mass is 9.88. The molecule has 2 N–H and O–H groups in total. The van der Waals surface area contributed by atoms with Crippen molar-refractivity contribution in [2.75, 3.05) is 0 Å². The predicted molar refractivity (Wildman–Crippen MR) is 77.4 cm³/mol. The average Bonchev–Trinajstić information content (AvgIpc) is 2.86. The highest BCUT2D eigenvalue weighted by atomic mass is 32.2. The number of hydrogen-bond acceptors (Lipinski definition) is 4. The van der Waals surface area contributed by atoms with Crippen LogP contribution in [-0.2, 0) is 21.2 Å². The van der Waals surface area contributed by atoms with Crippen LogP contribution >= 0.6 is 11.3 Å². The van der Waals surface area contributed by atoms with Crippen LogP contribution in [0, 0.1) is 5.41 Å². The molecule has 1 aliphatic rings. The molecular weight excluding hydrogens is 298 g/mol. The fraction of sp³-hybridized carbons (Fsp3) is 0.615. The van der Waals surface area contributed by atoms with Gasteiger partial charge in [0.2, 0.25) is 10.0 Å². The second-order valence-electron chi connectivity index (χ2n) is 5.85. The average molecular weight is 317 g/mol. The van der Waals surface area contributed by atoms with E-state index in [1.165, 1.54) is 6.07 Å². The van der Waals surface area contributed by atoms with E-state index in [2.05, 4.69) is 18.6 Å². The number of aliphatic carboxylic acids is 1. The third-order valence-electron chi connectivity index (χ3n) is 3.78. The van der Waals surface area contributed by atoms with Crippen LogP contribution < -0.4 is 4.72 Å². The zero-order valence-electron chi connectivity index (χ0n) is 11.5. The van der Waals surface area contributed by atoms with Crippen molar-refractivity contribution in [3.05, 3.63) is 17.0 Å². The lowest BCUT2D eigenvalue weighted by Crippen LogP contribution is -2.41. The molecule has 0 saturated heterocycles. The second-order valence-corrected chi connectivity index (χ2v) is 8.96. The first-order valence-electron chi connectivity index (χ1n) is 6.53. The van der Waals surface area contributed by atoms with Gasteiger partial charge in [-0.25, -0.2) is 13.1 Å². The number of carbonyl (C=O) groups is 1. The van der Waals surface area contributed by atoms with Crippen molar-refractivity contribution in [2.45, 2.75) is 49.8 Å². The SMILES string of the molecule is CC1(C)CCCC1NS(=O)(=O)c1ccc(CC(=O)O)s1. The van der Waals surface area contributed by atoms with Crippen molar-refractivity contribution in [3.8, 4) is 0 Å². The van der Waals surface area contributed by atoms with Gasteiger partial charge in [0, 0.05) is 10.9 Å². The maximum absolute atomic E-state index is 12.3. The molecule has 0 aromatic carbocycles. The highest BCUT2D eigenvalue weighted by Gasteiger charge is 2.37. The van der Waals surface area contributed by atoms with E-state index in [0.717, 1.165) is 30.6 Å². The summed E-state index contributed by atoms with van der Waals surface area (Å²) < 4.78 is 27.6. The van der Waals surface area contributed by atoms with Crippen LogP contribution in [0.1, 0.15) is 38.0 Å². The Morgan fingerprint density at radius 2 is 2.20 bits per heavy atom. The normalized spacial score (nSPS) is 22.0. The van der Waals surface area contributed by atoms with Gasteiger partial charge in [-0.1, -0.05) is 20.3 Å². The van der Waals surface area contributed by atoms with E-state index < -0.39 is 16.0 Å². The van der Waals surface area contributed by atoms with Gasteiger partial charge in [0.05, 0.1) is 6.42 Å². The van der Waals surface area contributed by atoms with Gasteiger partial charge < -0.3 is 5.11 Å². The van der Waals surface area contributed by atoms with E-state index in [1.807, 2.05) is 0 Å². The van der Waals surface area contributed by atoms with E-state index in [-0.39, 0.29) is 22.1 Å². The van der Waals surface area contributed by atoms with Gasteiger partial charge in [-0.15, -0.1) is 11.3 Å². The maximum atomic E-state index is 12.3. The predicted octanol–water partition coefficient (Wildman–Crippen LogP) is 2.23. The van der Waals surface area contributed by atoms with Gasteiger partial charge >= 0.3 is 5.97 Å². The fourth-order valence-electron chi connectivity index (χ4n) is 2.54. The van der Waals surface area contributed by atoms with E-state index in [9.17, 15) is 13.2 Å². The van der Waals surface area contributed by atoms with Crippen molar-refractivity contribution in [3.63, 3.8) is 0 Å². The number of sulfonamides is 1. The molecule has 1 atom stereocenters. The van der Waals surface area contributed by atoms with Gasteiger partial charge in [0.25, 0.3) is 0 Å². The largest absolute Gasteiger partial charge is 0.481 e. The molecule has 1 aliphatic carbocycles. The first-order chi connectivity index (χ1) is 9.21. The molecule has 112 valence electrons. The topological polar surface area (TPSA) is 83.5 Å². The number of carboxylic acids is 1. The number of thiophene rings is 1. The van der Waals surface area contributed by atoms with Crippen LogP contribution in [0.25, 0.3) is 0 Å². The molecule has 5 nitrogen and oxygen atoms in total. The summed E-state index contributed by atoms with van der Waals surface area (Å²) in [5.74, 6) is -0.958. The molecule has 1 heterocycles. The zero-order chi connectivity index (χ0) is 15.0. The quantitative estimate of drug-likeness (QED) is 0.872. The lowest BCUT2D eigenvalue weighted by Gasteiger charge is -2.27. The minimum atomic E-state index is -3.55. The number of nitrogens with one attached hydrogen (secondary N) is 1. The summed E-state index contributed by atoms with van der Waals surface area (Å²) in [5, 5.41) is 8.72.